The van der Waals surface area contributed by atoms with Crippen molar-refractivity contribution in [3.05, 3.63) is 59.0 Å². The Morgan fingerprint density at radius 1 is 1.35 bits per heavy atom. The van der Waals surface area contributed by atoms with Crippen molar-refractivity contribution in [2.75, 3.05) is 0 Å². The van der Waals surface area contributed by atoms with E-state index in [1.165, 1.54) is 5.56 Å². The molecule has 0 saturated heterocycles. The first-order chi connectivity index (χ1) is 9.69. The minimum atomic E-state index is -0.196. The maximum absolute atomic E-state index is 12.2. The third-order valence-corrected chi connectivity index (χ3v) is 3.84. The molecule has 1 aromatic heterocycles. The van der Waals surface area contributed by atoms with Crippen molar-refractivity contribution in [3.63, 3.8) is 0 Å². The highest BCUT2D eigenvalue weighted by atomic mass is 16.3. The van der Waals surface area contributed by atoms with E-state index in [0.29, 0.717) is 5.76 Å². The van der Waals surface area contributed by atoms with Crippen molar-refractivity contribution < 1.29 is 9.21 Å². The van der Waals surface area contributed by atoms with E-state index in [9.17, 15) is 4.79 Å². The largest absolute Gasteiger partial charge is 0.456 e. The van der Waals surface area contributed by atoms with Crippen molar-refractivity contribution >= 4 is 5.91 Å². The predicted molar refractivity (Wildman–Crippen MR) is 76.4 cm³/mol. The third kappa shape index (κ3) is 2.23. The van der Waals surface area contributed by atoms with Gasteiger partial charge in [0.25, 0.3) is 5.91 Å². The fourth-order valence-electron chi connectivity index (χ4n) is 2.70. The fourth-order valence-corrected chi connectivity index (χ4v) is 2.70. The van der Waals surface area contributed by atoms with E-state index >= 15 is 0 Å². The average Bonchev–Trinajstić information content (AvgIpc) is 3.05. The molecule has 104 valence electrons. The quantitative estimate of drug-likeness (QED) is 0.898. The summed E-state index contributed by atoms with van der Waals surface area (Å²) < 4.78 is 5.46. The summed E-state index contributed by atoms with van der Waals surface area (Å²) in [5.41, 5.74) is 8.53. The fraction of sp³-hybridized carbons (Fsp3) is 0.312. The lowest BCUT2D eigenvalue weighted by Gasteiger charge is -2.17. The number of rotatable bonds is 3. The van der Waals surface area contributed by atoms with Crippen LogP contribution in [0.15, 0.2) is 40.8 Å². The second-order valence-corrected chi connectivity index (χ2v) is 5.13. The van der Waals surface area contributed by atoms with Gasteiger partial charge in [-0.1, -0.05) is 31.2 Å². The monoisotopic (exact) mass is 270 g/mol. The zero-order valence-corrected chi connectivity index (χ0v) is 11.4. The van der Waals surface area contributed by atoms with Gasteiger partial charge >= 0.3 is 0 Å². The summed E-state index contributed by atoms with van der Waals surface area (Å²) in [4.78, 5) is 12.2. The van der Waals surface area contributed by atoms with E-state index < -0.39 is 0 Å². The van der Waals surface area contributed by atoms with Crippen molar-refractivity contribution in [2.45, 2.75) is 31.8 Å². The van der Waals surface area contributed by atoms with Crippen LogP contribution in [0, 0.1) is 0 Å². The highest BCUT2D eigenvalue weighted by Gasteiger charge is 2.31. The van der Waals surface area contributed by atoms with Gasteiger partial charge in [0.05, 0.1) is 12.1 Å². The Morgan fingerprint density at radius 2 is 2.15 bits per heavy atom. The van der Waals surface area contributed by atoms with E-state index in [1.807, 2.05) is 31.2 Å². The summed E-state index contributed by atoms with van der Waals surface area (Å²) in [7, 11) is 0. The van der Waals surface area contributed by atoms with Crippen LogP contribution in [0.25, 0.3) is 0 Å². The highest BCUT2D eigenvalue weighted by Crippen LogP contribution is 2.29. The van der Waals surface area contributed by atoms with Crippen LogP contribution < -0.4 is 11.1 Å². The Morgan fingerprint density at radius 3 is 2.85 bits per heavy atom. The molecule has 1 heterocycles. The number of furan rings is 1. The Hall–Kier alpha value is -2.07. The summed E-state index contributed by atoms with van der Waals surface area (Å²) in [6, 6.07) is 11.4. The molecule has 4 heteroatoms. The average molecular weight is 270 g/mol. The topological polar surface area (TPSA) is 68.3 Å². The minimum absolute atomic E-state index is 0.0740. The Labute approximate surface area is 118 Å². The molecule has 1 aliphatic rings. The van der Waals surface area contributed by atoms with Gasteiger partial charge in [-0.15, -0.1) is 0 Å². The van der Waals surface area contributed by atoms with E-state index in [-0.39, 0.29) is 18.0 Å². The Kier molecular flexibility index (Phi) is 3.32. The lowest BCUT2D eigenvalue weighted by Crippen LogP contribution is -2.40. The number of amides is 1. The van der Waals surface area contributed by atoms with E-state index in [0.717, 1.165) is 24.2 Å². The van der Waals surface area contributed by atoms with E-state index in [1.54, 1.807) is 6.07 Å². The summed E-state index contributed by atoms with van der Waals surface area (Å²) in [5.74, 6) is 0.970. The van der Waals surface area contributed by atoms with Crippen LogP contribution in [0.1, 0.15) is 40.4 Å². The predicted octanol–water partition coefficient (Wildman–Crippen LogP) is 2.20. The molecule has 0 unspecified atom stereocenters. The van der Waals surface area contributed by atoms with Crippen LogP contribution in [0.5, 0.6) is 0 Å². The van der Waals surface area contributed by atoms with Gasteiger partial charge in [0, 0.05) is 6.42 Å². The second kappa shape index (κ2) is 5.13. The third-order valence-electron chi connectivity index (χ3n) is 3.84. The Bertz CT molecular complexity index is 633. The molecule has 2 aromatic rings. The van der Waals surface area contributed by atoms with Crippen molar-refractivity contribution in [1.82, 2.24) is 5.32 Å². The first-order valence-corrected chi connectivity index (χ1v) is 6.92. The molecule has 1 aromatic carbocycles. The molecule has 20 heavy (non-hydrogen) atoms. The van der Waals surface area contributed by atoms with Crippen LogP contribution in [0.3, 0.4) is 0 Å². The van der Waals surface area contributed by atoms with Crippen molar-refractivity contribution in [3.8, 4) is 0 Å². The van der Waals surface area contributed by atoms with Gasteiger partial charge in [-0.25, -0.2) is 0 Å². The lowest BCUT2D eigenvalue weighted by atomic mass is 10.1. The molecule has 0 fully saturated rings. The molecular formula is C16H18N2O2. The molecule has 0 radical (unpaired) electrons. The molecule has 0 aliphatic heterocycles. The maximum Gasteiger partial charge on any atom is 0.287 e. The number of nitrogens with one attached hydrogen (secondary N) is 1. The molecule has 3 N–H and O–H groups in total. The summed E-state index contributed by atoms with van der Waals surface area (Å²) in [6.07, 6.45) is 1.55. The molecule has 1 aliphatic carbocycles. The minimum Gasteiger partial charge on any atom is -0.456 e. The van der Waals surface area contributed by atoms with Gasteiger partial charge in [-0.2, -0.15) is 0 Å². The number of aryl methyl sites for hydroxylation is 1. The molecule has 0 spiro atoms. The molecule has 2 atom stereocenters. The zero-order chi connectivity index (χ0) is 14.1. The first kappa shape index (κ1) is 12.9. The molecule has 3 rings (SSSR count). The lowest BCUT2D eigenvalue weighted by molar-refractivity contribution is 0.0903. The number of hydrogen-bond acceptors (Lipinski definition) is 3. The van der Waals surface area contributed by atoms with E-state index in [4.69, 9.17) is 10.2 Å². The van der Waals surface area contributed by atoms with Crippen molar-refractivity contribution in [1.29, 1.82) is 0 Å². The van der Waals surface area contributed by atoms with Gasteiger partial charge in [-0.05, 0) is 29.7 Å². The summed E-state index contributed by atoms with van der Waals surface area (Å²) in [6.45, 7) is 1.99. The molecule has 1 amide bonds. The smallest absolute Gasteiger partial charge is 0.287 e. The number of carbonyl (C=O) groups excluding carboxylic acids is 1. The van der Waals surface area contributed by atoms with Gasteiger partial charge in [0.15, 0.2) is 5.76 Å². The van der Waals surface area contributed by atoms with Gasteiger partial charge in [0.1, 0.15) is 5.76 Å². The number of hydrogen-bond donors (Lipinski definition) is 2. The number of fused-ring (bicyclic) bond motifs is 1. The SMILES string of the molecule is CCc1ccc(C(=O)N[C@@H]2Cc3ccccc3[C@H]2N)o1. The van der Waals surface area contributed by atoms with Gasteiger partial charge < -0.3 is 15.5 Å². The molecule has 4 nitrogen and oxygen atoms in total. The van der Waals surface area contributed by atoms with Crippen LogP contribution in [-0.2, 0) is 12.8 Å². The summed E-state index contributed by atoms with van der Waals surface area (Å²) >= 11 is 0. The molecule has 0 saturated carbocycles. The van der Waals surface area contributed by atoms with E-state index in [2.05, 4.69) is 11.4 Å². The van der Waals surface area contributed by atoms with Gasteiger partial charge in [0.2, 0.25) is 0 Å². The summed E-state index contributed by atoms with van der Waals surface area (Å²) in [5, 5.41) is 2.97. The maximum atomic E-state index is 12.2. The van der Waals surface area contributed by atoms with Gasteiger partial charge in [-0.3, -0.25) is 4.79 Å². The number of benzene rings is 1. The molecule has 0 bridgehead atoms. The van der Waals surface area contributed by atoms with Crippen LogP contribution in [0.4, 0.5) is 0 Å². The zero-order valence-electron chi connectivity index (χ0n) is 11.4. The molecular weight excluding hydrogens is 252 g/mol. The number of nitrogens with two attached hydrogens (primary N) is 1. The van der Waals surface area contributed by atoms with Crippen LogP contribution in [-0.4, -0.2) is 11.9 Å². The van der Waals surface area contributed by atoms with Crippen molar-refractivity contribution in [2.24, 2.45) is 5.73 Å². The second-order valence-electron chi connectivity index (χ2n) is 5.13. The Balaban J connectivity index is 1.72. The highest BCUT2D eigenvalue weighted by molar-refractivity contribution is 5.91. The number of carbonyl (C=O) groups is 1. The van der Waals surface area contributed by atoms with Crippen LogP contribution in [0.2, 0.25) is 0 Å². The van der Waals surface area contributed by atoms with Crippen LogP contribution >= 0.6 is 0 Å². The normalized spacial score (nSPS) is 20.7. The first-order valence-electron chi connectivity index (χ1n) is 6.92. The standard InChI is InChI=1S/C16H18N2O2/c1-2-11-7-8-14(20-11)16(19)18-13-9-10-5-3-4-6-12(10)15(13)17/h3-8,13,15H,2,9,17H2,1H3,(H,18,19)/t13-,15-/m1/s1.